The molecule has 2 aromatic rings. The van der Waals surface area contributed by atoms with Gasteiger partial charge in [-0.05, 0) is 12.1 Å². The Hall–Kier alpha value is -2.41. The minimum atomic E-state index is -1.11. The van der Waals surface area contributed by atoms with Crippen LogP contribution in [0.1, 0.15) is 18.5 Å². The predicted molar refractivity (Wildman–Crippen MR) is 78.0 cm³/mol. The molecule has 0 spiro atoms. The van der Waals surface area contributed by atoms with Crippen LogP contribution in [0.25, 0.3) is 0 Å². The average Bonchev–Trinajstić information content (AvgIpc) is 3.18. The topological polar surface area (TPSA) is 91.3 Å². The van der Waals surface area contributed by atoms with Gasteiger partial charge in [0.05, 0.1) is 25.8 Å². The van der Waals surface area contributed by atoms with Crippen molar-refractivity contribution in [2.75, 3.05) is 19.7 Å². The van der Waals surface area contributed by atoms with Crippen molar-refractivity contribution in [2.45, 2.75) is 18.4 Å². The van der Waals surface area contributed by atoms with Crippen LogP contribution in [0, 0.1) is 0 Å². The van der Waals surface area contributed by atoms with Crippen LogP contribution < -0.4 is 4.74 Å². The first-order valence-electron chi connectivity index (χ1n) is 7.22. The van der Waals surface area contributed by atoms with E-state index in [4.69, 9.17) is 4.74 Å². The molecule has 7 heteroatoms. The van der Waals surface area contributed by atoms with Crippen LogP contribution in [-0.4, -0.2) is 51.0 Å². The number of benzene rings is 1. The Morgan fingerprint density at radius 1 is 1.41 bits per heavy atom. The number of para-hydroxylation sites is 1. The molecular weight excluding hydrogens is 284 g/mol. The fourth-order valence-electron chi connectivity index (χ4n) is 2.57. The molecule has 1 fully saturated rings. The summed E-state index contributed by atoms with van der Waals surface area (Å²) in [5.74, 6) is 0.714. The van der Waals surface area contributed by atoms with E-state index in [2.05, 4.69) is 15.4 Å². The number of nitrogens with one attached hydrogen (secondary N) is 1. The van der Waals surface area contributed by atoms with E-state index in [-0.39, 0.29) is 18.9 Å². The minimum Gasteiger partial charge on any atom is -0.493 e. The first-order valence-corrected chi connectivity index (χ1v) is 7.22. The lowest BCUT2D eigenvalue weighted by atomic mass is 10.0. The number of hydrogen-bond acceptors (Lipinski definition) is 5. The number of carbonyl (C=O) groups is 1. The van der Waals surface area contributed by atoms with E-state index in [0.717, 1.165) is 5.75 Å². The van der Waals surface area contributed by atoms with Crippen LogP contribution in [0.4, 0.5) is 0 Å². The smallest absolute Gasteiger partial charge is 0.226 e. The predicted octanol–water partition coefficient (Wildman–Crippen LogP) is 0.694. The van der Waals surface area contributed by atoms with Crippen LogP contribution in [0.2, 0.25) is 0 Å². The van der Waals surface area contributed by atoms with Gasteiger partial charge in [0, 0.05) is 13.0 Å². The number of rotatable bonds is 5. The second kappa shape index (κ2) is 6.15. The zero-order valence-electron chi connectivity index (χ0n) is 12.1. The van der Waals surface area contributed by atoms with Crippen LogP contribution in [0.5, 0.6) is 5.75 Å². The van der Waals surface area contributed by atoms with Crippen molar-refractivity contribution >= 4 is 5.91 Å². The maximum absolute atomic E-state index is 12.2. The number of H-pyrrole nitrogens is 1. The van der Waals surface area contributed by atoms with Gasteiger partial charge in [-0.3, -0.25) is 4.79 Å². The van der Waals surface area contributed by atoms with E-state index in [1.165, 1.54) is 6.20 Å². The molecule has 1 aromatic carbocycles. The first-order chi connectivity index (χ1) is 10.7. The molecule has 1 saturated heterocycles. The van der Waals surface area contributed by atoms with Crippen molar-refractivity contribution in [3.63, 3.8) is 0 Å². The normalized spacial score (nSPS) is 21.0. The fraction of sp³-hybridized carbons (Fsp3) is 0.400. The van der Waals surface area contributed by atoms with E-state index in [1.54, 1.807) is 4.90 Å². The monoisotopic (exact) mass is 302 g/mol. The van der Waals surface area contributed by atoms with E-state index >= 15 is 0 Å². The van der Waals surface area contributed by atoms with E-state index < -0.39 is 5.60 Å². The molecule has 22 heavy (non-hydrogen) atoms. The number of β-amino-alcohol motifs (C(OH)–C–C–N with tert-alkyl or cyclic N) is 1. The van der Waals surface area contributed by atoms with Crippen molar-refractivity contribution in [3.05, 3.63) is 42.2 Å². The van der Waals surface area contributed by atoms with Crippen LogP contribution in [-0.2, 0) is 10.4 Å². The Morgan fingerprint density at radius 2 is 2.23 bits per heavy atom. The number of amides is 1. The Labute approximate surface area is 127 Å². The maximum Gasteiger partial charge on any atom is 0.226 e. The Morgan fingerprint density at radius 3 is 2.95 bits per heavy atom. The number of nitrogens with zero attached hydrogens (tertiary/aromatic N) is 3. The average molecular weight is 302 g/mol. The number of aromatic amines is 1. The summed E-state index contributed by atoms with van der Waals surface area (Å²) < 4.78 is 5.52. The molecule has 1 amide bonds. The van der Waals surface area contributed by atoms with E-state index in [1.807, 2.05) is 30.3 Å². The lowest BCUT2D eigenvalue weighted by Crippen LogP contribution is -2.35. The molecule has 7 nitrogen and oxygen atoms in total. The molecule has 1 aromatic heterocycles. The zero-order chi connectivity index (χ0) is 15.4. The van der Waals surface area contributed by atoms with E-state index in [9.17, 15) is 9.90 Å². The van der Waals surface area contributed by atoms with Gasteiger partial charge in [0.1, 0.15) is 17.0 Å². The minimum absolute atomic E-state index is 0.0321. The summed E-state index contributed by atoms with van der Waals surface area (Å²) in [6.07, 6.45) is 2.24. The summed E-state index contributed by atoms with van der Waals surface area (Å²) in [5.41, 5.74) is -0.633. The highest BCUT2D eigenvalue weighted by atomic mass is 16.5. The third-order valence-electron chi connectivity index (χ3n) is 3.82. The summed E-state index contributed by atoms with van der Waals surface area (Å²) in [5, 5.41) is 20.6. The van der Waals surface area contributed by atoms with Gasteiger partial charge in [0.25, 0.3) is 0 Å². The van der Waals surface area contributed by atoms with Gasteiger partial charge in [-0.1, -0.05) is 18.2 Å². The second-order valence-electron chi connectivity index (χ2n) is 5.36. The van der Waals surface area contributed by atoms with Gasteiger partial charge >= 0.3 is 0 Å². The van der Waals surface area contributed by atoms with Crippen molar-refractivity contribution < 1.29 is 14.6 Å². The molecule has 3 rings (SSSR count). The molecule has 0 unspecified atom stereocenters. The summed E-state index contributed by atoms with van der Waals surface area (Å²) in [7, 11) is 0. The SMILES string of the molecule is O=C(CCOc1ccccc1)N1CC[C@](O)(c2cn[nH]n2)C1. The lowest BCUT2D eigenvalue weighted by molar-refractivity contribution is -0.131. The van der Waals surface area contributed by atoms with Gasteiger partial charge in [-0.15, -0.1) is 0 Å². The highest BCUT2D eigenvalue weighted by Crippen LogP contribution is 2.30. The number of hydrogen-bond donors (Lipinski definition) is 2. The second-order valence-corrected chi connectivity index (χ2v) is 5.36. The molecule has 0 bridgehead atoms. The van der Waals surface area contributed by atoms with Crippen LogP contribution in [0.3, 0.4) is 0 Å². The lowest BCUT2D eigenvalue weighted by Gasteiger charge is -2.21. The third kappa shape index (κ3) is 3.09. The van der Waals surface area contributed by atoms with Gasteiger partial charge in [-0.25, -0.2) is 0 Å². The summed E-state index contributed by atoms with van der Waals surface area (Å²) in [6.45, 7) is 1.07. The van der Waals surface area contributed by atoms with Gasteiger partial charge in [-0.2, -0.15) is 15.4 Å². The van der Waals surface area contributed by atoms with Gasteiger partial charge < -0.3 is 14.7 Å². The first kappa shape index (κ1) is 14.5. The van der Waals surface area contributed by atoms with Gasteiger partial charge in [0.2, 0.25) is 5.91 Å². The molecule has 116 valence electrons. The number of likely N-dealkylation sites (tertiary alicyclic amines) is 1. The zero-order valence-corrected chi connectivity index (χ0v) is 12.1. The molecule has 2 N–H and O–H groups in total. The van der Waals surface area contributed by atoms with Crippen LogP contribution in [0.15, 0.2) is 36.5 Å². The largest absolute Gasteiger partial charge is 0.493 e. The third-order valence-corrected chi connectivity index (χ3v) is 3.82. The molecule has 1 aliphatic heterocycles. The Bertz CT molecular complexity index is 617. The van der Waals surface area contributed by atoms with Gasteiger partial charge in [0.15, 0.2) is 0 Å². The number of carbonyl (C=O) groups excluding carboxylic acids is 1. The molecule has 2 heterocycles. The van der Waals surface area contributed by atoms with Crippen molar-refractivity contribution in [3.8, 4) is 5.75 Å². The summed E-state index contributed by atoms with van der Waals surface area (Å²) in [4.78, 5) is 13.8. The maximum atomic E-state index is 12.2. The molecular formula is C15H18N4O3. The number of aliphatic hydroxyl groups is 1. The Balaban J connectivity index is 1.49. The fourth-order valence-corrected chi connectivity index (χ4v) is 2.57. The molecule has 0 saturated carbocycles. The highest BCUT2D eigenvalue weighted by molar-refractivity contribution is 5.76. The standard InChI is InChI=1S/C15H18N4O3/c20-14(6-9-22-12-4-2-1-3-5-12)19-8-7-15(21,11-19)13-10-16-18-17-13/h1-5,10,21H,6-9,11H2,(H,16,17,18)/t15-/m1/s1. The molecule has 1 atom stereocenters. The number of aromatic nitrogens is 3. The van der Waals surface area contributed by atoms with E-state index in [0.29, 0.717) is 25.3 Å². The summed E-state index contributed by atoms with van der Waals surface area (Å²) in [6, 6.07) is 9.38. The van der Waals surface area contributed by atoms with Crippen molar-refractivity contribution in [1.82, 2.24) is 20.3 Å². The molecule has 0 aliphatic carbocycles. The summed E-state index contributed by atoms with van der Waals surface area (Å²) >= 11 is 0. The molecule has 0 radical (unpaired) electrons. The van der Waals surface area contributed by atoms with Crippen molar-refractivity contribution in [2.24, 2.45) is 0 Å². The van der Waals surface area contributed by atoms with Crippen molar-refractivity contribution in [1.29, 1.82) is 0 Å². The highest BCUT2D eigenvalue weighted by Gasteiger charge is 2.41. The van der Waals surface area contributed by atoms with Crippen LogP contribution >= 0.6 is 0 Å². The Kier molecular flexibility index (Phi) is 4.06. The molecule has 1 aliphatic rings. The number of ether oxygens (including phenoxy) is 1. The quantitative estimate of drug-likeness (QED) is 0.848.